The first kappa shape index (κ1) is 28.2. The van der Waals surface area contributed by atoms with Crippen LogP contribution in [0.2, 0.25) is 10.0 Å². The number of halogens is 2. The number of rotatable bonds is 9. The van der Waals surface area contributed by atoms with Gasteiger partial charge in [0.05, 0.1) is 63.2 Å². The second-order valence-corrected chi connectivity index (χ2v) is 10.1. The molecule has 200 valence electrons. The van der Waals surface area contributed by atoms with Crippen molar-refractivity contribution >= 4 is 58.2 Å². The molecule has 1 aliphatic rings. The number of carbonyl (C=O) groups is 2. The van der Waals surface area contributed by atoms with E-state index in [0.717, 1.165) is 11.8 Å². The van der Waals surface area contributed by atoms with E-state index in [9.17, 15) is 14.9 Å². The summed E-state index contributed by atoms with van der Waals surface area (Å²) in [5.41, 5.74) is 1.96. The van der Waals surface area contributed by atoms with Gasteiger partial charge in [-0.3, -0.25) is 9.59 Å². The summed E-state index contributed by atoms with van der Waals surface area (Å²) < 4.78 is 11.2. The number of nitrogens with zero attached hydrogens (tertiary/aromatic N) is 1. The highest BCUT2D eigenvalue weighted by atomic mass is 35.5. The molecule has 39 heavy (non-hydrogen) atoms. The lowest BCUT2D eigenvalue weighted by atomic mass is 9.85. The Morgan fingerprint density at radius 2 is 1.92 bits per heavy atom. The Morgan fingerprint density at radius 1 is 1.13 bits per heavy atom. The van der Waals surface area contributed by atoms with E-state index in [2.05, 4.69) is 22.0 Å². The molecular formula is C28H24Cl2N4O4S. The van der Waals surface area contributed by atoms with Gasteiger partial charge in [0.25, 0.3) is 5.91 Å². The average Bonchev–Trinajstić information content (AvgIpc) is 3.44. The predicted octanol–water partition coefficient (Wildman–Crippen LogP) is 6.69. The first-order chi connectivity index (χ1) is 18.8. The lowest BCUT2D eigenvalue weighted by Gasteiger charge is -2.28. The minimum absolute atomic E-state index is 0.00798. The van der Waals surface area contributed by atoms with Crippen LogP contribution in [0.3, 0.4) is 0 Å². The van der Waals surface area contributed by atoms with E-state index in [1.807, 2.05) is 13.0 Å². The van der Waals surface area contributed by atoms with Crippen molar-refractivity contribution in [2.75, 3.05) is 23.0 Å². The molecule has 0 saturated carbocycles. The smallest absolute Gasteiger partial charge is 0.254 e. The van der Waals surface area contributed by atoms with Crippen molar-refractivity contribution in [3.63, 3.8) is 0 Å². The van der Waals surface area contributed by atoms with Crippen LogP contribution in [0, 0.1) is 11.3 Å². The number of nitriles is 1. The number of hydrogen-bond donors (Lipinski definition) is 3. The summed E-state index contributed by atoms with van der Waals surface area (Å²) >= 11 is 13.4. The van der Waals surface area contributed by atoms with Crippen LogP contribution in [0.5, 0.6) is 5.75 Å². The zero-order valence-electron chi connectivity index (χ0n) is 21.0. The van der Waals surface area contributed by atoms with Gasteiger partial charge in [-0.2, -0.15) is 5.26 Å². The molecular weight excluding hydrogens is 559 g/mol. The molecule has 0 fully saturated rings. The van der Waals surface area contributed by atoms with Crippen LogP contribution < -0.4 is 20.7 Å². The van der Waals surface area contributed by atoms with Crippen LogP contribution in [0.15, 0.2) is 87.1 Å². The van der Waals surface area contributed by atoms with Crippen LogP contribution in [0.1, 0.15) is 25.5 Å². The molecule has 0 spiro atoms. The van der Waals surface area contributed by atoms with E-state index < -0.39 is 11.8 Å². The zero-order chi connectivity index (χ0) is 27.9. The van der Waals surface area contributed by atoms with Gasteiger partial charge in [-0.05, 0) is 56.3 Å². The first-order valence-corrected chi connectivity index (χ1v) is 13.6. The fraction of sp³-hybridized carbons (Fsp3) is 0.179. The number of anilines is 2. The number of amides is 2. The Morgan fingerprint density at radius 3 is 2.62 bits per heavy atom. The number of allylic oxidation sites excluding steroid dienone is 2. The third-order valence-corrected chi connectivity index (χ3v) is 7.27. The number of hydrogen-bond acceptors (Lipinski definition) is 7. The number of furan rings is 1. The van der Waals surface area contributed by atoms with Crippen LogP contribution in [-0.2, 0) is 9.59 Å². The quantitative estimate of drug-likeness (QED) is 0.257. The second kappa shape index (κ2) is 12.8. The first-order valence-electron chi connectivity index (χ1n) is 11.9. The molecule has 3 N–H and O–H groups in total. The highest BCUT2D eigenvalue weighted by molar-refractivity contribution is 8.03. The second-order valence-electron chi connectivity index (χ2n) is 8.31. The van der Waals surface area contributed by atoms with Crippen molar-refractivity contribution < 1.29 is 18.7 Å². The van der Waals surface area contributed by atoms with Crippen molar-refractivity contribution in [3.05, 3.63) is 98.5 Å². The minimum atomic E-state index is -0.804. The number of ether oxygens (including phenoxy) is 1. The molecule has 11 heteroatoms. The summed E-state index contributed by atoms with van der Waals surface area (Å²) in [6, 6.07) is 17.5. The van der Waals surface area contributed by atoms with Gasteiger partial charge in [-0.25, -0.2) is 0 Å². The minimum Gasteiger partial charge on any atom is -0.492 e. The maximum atomic E-state index is 13.5. The summed E-state index contributed by atoms with van der Waals surface area (Å²) in [7, 11) is 0. The van der Waals surface area contributed by atoms with Gasteiger partial charge in [-0.1, -0.05) is 47.1 Å². The van der Waals surface area contributed by atoms with Crippen LogP contribution in [0.4, 0.5) is 11.4 Å². The zero-order valence-corrected chi connectivity index (χ0v) is 23.3. The molecule has 2 aromatic carbocycles. The predicted molar refractivity (Wildman–Crippen MR) is 154 cm³/mol. The van der Waals surface area contributed by atoms with Gasteiger partial charge in [0.1, 0.15) is 11.5 Å². The summed E-state index contributed by atoms with van der Waals surface area (Å²) in [6.45, 7) is 4.05. The Labute approximate surface area is 240 Å². The maximum absolute atomic E-state index is 13.5. The molecule has 4 rings (SSSR count). The normalized spacial score (nSPS) is 14.9. The molecule has 0 aliphatic carbocycles. The van der Waals surface area contributed by atoms with Gasteiger partial charge in [0, 0.05) is 10.7 Å². The largest absolute Gasteiger partial charge is 0.492 e. The van der Waals surface area contributed by atoms with E-state index >= 15 is 0 Å². The highest BCUT2D eigenvalue weighted by Gasteiger charge is 2.36. The van der Waals surface area contributed by atoms with Gasteiger partial charge in [0.2, 0.25) is 5.91 Å². The lowest BCUT2D eigenvalue weighted by Crippen LogP contribution is -2.31. The molecule has 2 heterocycles. The summed E-state index contributed by atoms with van der Waals surface area (Å²) in [5, 5.41) is 20.1. The van der Waals surface area contributed by atoms with Crippen LogP contribution in [-0.4, -0.2) is 24.2 Å². The number of nitrogens with one attached hydrogen (secondary N) is 3. The number of carbonyl (C=O) groups excluding carboxylic acids is 2. The summed E-state index contributed by atoms with van der Waals surface area (Å²) in [5.74, 6) is -0.564. The Kier molecular flexibility index (Phi) is 9.25. The van der Waals surface area contributed by atoms with Gasteiger partial charge >= 0.3 is 0 Å². The molecule has 3 aromatic rings. The number of para-hydroxylation sites is 2. The van der Waals surface area contributed by atoms with E-state index in [4.69, 9.17) is 32.4 Å². The van der Waals surface area contributed by atoms with Crippen molar-refractivity contribution in [3.8, 4) is 11.8 Å². The van der Waals surface area contributed by atoms with E-state index in [-0.39, 0.29) is 27.8 Å². The molecule has 0 radical (unpaired) electrons. The van der Waals surface area contributed by atoms with Crippen molar-refractivity contribution in [1.29, 1.82) is 5.26 Å². The Hall–Kier alpha value is -3.84. The van der Waals surface area contributed by atoms with Crippen molar-refractivity contribution in [2.45, 2.75) is 19.8 Å². The number of dihydropyridines is 1. The molecule has 8 nitrogen and oxygen atoms in total. The molecule has 1 aliphatic heterocycles. The van der Waals surface area contributed by atoms with Crippen molar-refractivity contribution in [2.24, 2.45) is 0 Å². The van der Waals surface area contributed by atoms with Gasteiger partial charge in [0.15, 0.2) is 0 Å². The fourth-order valence-electron chi connectivity index (χ4n) is 4.02. The van der Waals surface area contributed by atoms with E-state index in [1.165, 1.54) is 12.3 Å². The molecule has 1 atom stereocenters. The fourth-order valence-corrected chi connectivity index (χ4v) is 5.37. The van der Waals surface area contributed by atoms with Crippen molar-refractivity contribution in [1.82, 2.24) is 5.32 Å². The molecule has 2 amide bonds. The third-order valence-electron chi connectivity index (χ3n) is 5.71. The molecule has 1 unspecified atom stereocenters. The molecule has 0 saturated heterocycles. The number of benzene rings is 2. The standard InChI is InChI=1S/C28H24Cl2N4O4S/c1-3-37-22-8-5-4-7-21(22)33-24(35)15-39-28-18(14-31)26(23-9-6-12-38-23)25(16(2)32-28)27(36)34-20-11-10-17(29)13-19(20)30/h4-13,26,32H,3,15H2,1-2H3,(H,33,35)(H,34,36). The lowest BCUT2D eigenvalue weighted by molar-refractivity contribution is -0.114. The van der Waals surface area contributed by atoms with Gasteiger partial charge in [-0.15, -0.1) is 0 Å². The van der Waals surface area contributed by atoms with Crippen LogP contribution >= 0.6 is 35.0 Å². The Bertz CT molecular complexity index is 1500. The third kappa shape index (κ3) is 6.60. The van der Waals surface area contributed by atoms with E-state index in [1.54, 1.807) is 49.4 Å². The SMILES string of the molecule is CCOc1ccccc1NC(=O)CSC1=C(C#N)C(c2ccco2)C(C(=O)Nc2ccc(Cl)cc2Cl)=C(C)N1. The summed E-state index contributed by atoms with van der Waals surface area (Å²) in [4.78, 5) is 26.3. The van der Waals surface area contributed by atoms with Crippen LogP contribution in [0.25, 0.3) is 0 Å². The van der Waals surface area contributed by atoms with Gasteiger partial charge < -0.3 is 25.1 Å². The van der Waals surface area contributed by atoms with E-state index in [0.29, 0.717) is 45.2 Å². The Balaban J connectivity index is 1.58. The maximum Gasteiger partial charge on any atom is 0.254 e. The molecule has 1 aromatic heterocycles. The highest BCUT2D eigenvalue weighted by Crippen LogP contribution is 2.41. The number of thioether (sulfide) groups is 1. The monoisotopic (exact) mass is 582 g/mol. The summed E-state index contributed by atoms with van der Waals surface area (Å²) in [6.07, 6.45) is 1.48. The molecule has 0 bridgehead atoms. The average molecular weight is 583 g/mol. The topological polar surface area (TPSA) is 116 Å².